The summed E-state index contributed by atoms with van der Waals surface area (Å²) < 4.78 is 12.7. The van der Waals surface area contributed by atoms with Crippen molar-refractivity contribution in [3.05, 3.63) is 30.1 Å². The van der Waals surface area contributed by atoms with Crippen molar-refractivity contribution in [1.29, 1.82) is 0 Å². The van der Waals surface area contributed by atoms with Gasteiger partial charge in [-0.15, -0.1) is 5.10 Å². The second-order valence-corrected chi connectivity index (χ2v) is 4.19. The fourth-order valence-electron chi connectivity index (χ4n) is 1.83. The van der Waals surface area contributed by atoms with Gasteiger partial charge in [0.25, 0.3) is 0 Å². The van der Waals surface area contributed by atoms with E-state index in [9.17, 15) is 0 Å². The van der Waals surface area contributed by atoms with Gasteiger partial charge in [0.05, 0.1) is 12.7 Å². The van der Waals surface area contributed by atoms with E-state index in [1.165, 1.54) is 0 Å². The van der Waals surface area contributed by atoms with Gasteiger partial charge in [-0.2, -0.15) is 4.98 Å². The van der Waals surface area contributed by atoms with E-state index >= 15 is 0 Å². The lowest BCUT2D eigenvalue weighted by Crippen LogP contribution is -2.14. The third-order valence-corrected chi connectivity index (χ3v) is 2.89. The average molecular weight is 262 g/mol. The minimum atomic E-state index is 0.0925. The van der Waals surface area contributed by atoms with Crippen LogP contribution in [0.1, 0.15) is 18.5 Å². The number of nitrogens with zero attached hydrogens (tertiary/aromatic N) is 3. The molecule has 2 rings (SSSR count). The van der Waals surface area contributed by atoms with E-state index in [0.29, 0.717) is 11.8 Å². The summed E-state index contributed by atoms with van der Waals surface area (Å²) in [6, 6.07) is 6.07. The van der Waals surface area contributed by atoms with Gasteiger partial charge in [-0.1, -0.05) is 6.07 Å². The van der Waals surface area contributed by atoms with Gasteiger partial charge in [0.1, 0.15) is 17.8 Å². The highest BCUT2D eigenvalue weighted by molar-refractivity contribution is 5.47. The lowest BCUT2D eigenvalue weighted by molar-refractivity contribution is 0.386. The zero-order chi connectivity index (χ0) is 13.8. The van der Waals surface area contributed by atoms with Gasteiger partial charge in [-0.25, -0.2) is 0 Å². The Morgan fingerprint density at radius 2 is 2.05 bits per heavy atom. The molecule has 0 saturated heterocycles. The monoisotopic (exact) mass is 262 g/mol. The summed E-state index contributed by atoms with van der Waals surface area (Å²) in [7, 11) is 5.33. The van der Waals surface area contributed by atoms with Crippen molar-refractivity contribution >= 4 is 0 Å². The fraction of sp³-hybridized carbons (Fsp3) is 0.385. The summed E-state index contributed by atoms with van der Waals surface area (Å²) in [6.45, 7) is 2.04. The van der Waals surface area contributed by atoms with Crippen LogP contribution < -0.4 is 14.8 Å². The molecule has 6 nitrogen and oxygen atoms in total. The van der Waals surface area contributed by atoms with Crippen molar-refractivity contribution in [2.45, 2.75) is 13.0 Å². The first kappa shape index (κ1) is 13.4. The number of aromatic nitrogens is 3. The van der Waals surface area contributed by atoms with Crippen molar-refractivity contribution in [3.63, 3.8) is 0 Å². The first-order chi connectivity index (χ1) is 9.15. The van der Waals surface area contributed by atoms with Crippen molar-refractivity contribution in [1.82, 2.24) is 20.1 Å². The number of nitrogens with one attached hydrogen (secondary N) is 1. The van der Waals surface area contributed by atoms with E-state index in [1.54, 1.807) is 25.2 Å². The van der Waals surface area contributed by atoms with E-state index in [-0.39, 0.29) is 6.04 Å². The predicted molar refractivity (Wildman–Crippen MR) is 71.5 cm³/mol. The minimum absolute atomic E-state index is 0.0925. The molecule has 0 bridgehead atoms. The molecule has 1 N–H and O–H groups in total. The zero-order valence-corrected chi connectivity index (χ0v) is 11.5. The Morgan fingerprint density at radius 1 is 1.32 bits per heavy atom. The van der Waals surface area contributed by atoms with E-state index in [1.807, 2.05) is 32.2 Å². The second-order valence-electron chi connectivity index (χ2n) is 4.19. The van der Waals surface area contributed by atoms with Gasteiger partial charge in [-0.05, 0) is 26.1 Å². The number of methoxy groups -OCH3 is 1. The van der Waals surface area contributed by atoms with Crippen LogP contribution >= 0.6 is 0 Å². The number of hydrogen-bond acceptors (Lipinski definition) is 5. The quantitative estimate of drug-likeness (QED) is 0.891. The van der Waals surface area contributed by atoms with Gasteiger partial charge in [0.15, 0.2) is 0 Å². The molecule has 0 amide bonds. The van der Waals surface area contributed by atoms with Gasteiger partial charge in [-0.3, -0.25) is 4.68 Å². The second kappa shape index (κ2) is 5.71. The molecule has 0 spiro atoms. The van der Waals surface area contributed by atoms with Gasteiger partial charge in [0, 0.05) is 13.1 Å². The molecule has 1 aromatic heterocycles. The molecule has 1 atom stereocenters. The predicted octanol–water partition coefficient (Wildman–Crippen LogP) is 1.90. The van der Waals surface area contributed by atoms with Crippen LogP contribution in [0.25, 0.3) is 0 Å². The molecule has 19 heavy (non-hydrogen) atoms. The maximum Gasteiger partial charge on any atom is 0.340 e. The molecule has 0 aliphatic rings. The number of ether oxygens (including phenoxy) is 2. The van der Waals surface area contributed by atoms with Crippen LogP contribution in [-0.2, 0) is 7.05 Å². The summed E-state index contributed by atoms with van der Waals surface area (Å²) >= 11 is 0. The average Bonchev–Trinajstić information content (AvgIpc) is 2.83. The first-order valence-electron chi connectivity index (χ1n) is 6.03. The number of hydrogen-bond donors (Lipinski definition) is 1. The normalized spacial score (nSPS) is 12.2. The smallest absolute Gasteiger partial charge is 0.340 e. The largest absolute Gasteiger partial charge is 0.496 e. The maximum atomic E-state index is 5.73. The highest BCUT2D eigenvalue weighted by Gasteiger charge is 2.17. The summed E-state index contributed by atoms with van der Waals surface area (Å²) in [4.78, 5) is 4.06. The third kappa shape index (κ3) is 2.85. The maximum absolute atomic E-state index is 5.73. The van der Waals surface area contributed by atoms with Crippen LogP contribution in [0.3, 0.4) is 0 Å². The lowest BCUT2D eigenvalue weighted by Gasteiger charge is -2.18. The Hall–Kier alpha value is -2.08. The molecule has 0 aliphatic carbocycles. The highest BCUT2D eigenvalue weighted by Crippen LogP contribution is 2.35. The van der Waals surface area contributed by atoms with Crippen LogP contribution in [0.4, 0.5) is 0 Å². The zero-order valence-electron chi connectivity index (χ0n) is 11.5. The van der Waals surface area contributed by atoms with Gasteiger partial charge < -0.3 is 14.8 Å². The van der Waals surface area contributed by atoms with Crippen molar-refractivity contribution in [3.8, 4) is 17.5 Å². The molecule has 1 heterocycles. The molecule has 0 saturated carbocycles. The molecule has 0 aliphatic heterocycles. The van der Waals surface area contributed by atoms with E-state index in [2.05, 4.69) is 15.4 Å². The van der Waals surface area contributed by atoms with Gasteiger partial charge >= 0.3 is 6.01 Å². The number of benzene rings is 1. The Morgan fingerprint density at radius 3 is 2.63 bits per heavy atom. The minimum Gasteiger partial charge on any atom is -0.496 e. The molecular weight excluding hydrogens is 244 g/mol. The van der Waals surface area contributed by atoms with Crippen LogP contribution in [0, 0.1) is 0 Å². The highest BCUT2D eigenvalue weighted by atomic mass is 16.5. The topological polar surface area (TPSA) is 61.2 Å². The molecular formula is C13H18N4O2. The number of aryl methyl sites for hydroxylation is 1. The lowest BCUT2D eigenvalue weighted by atomic mass is 10.1. The van der Waals surface area contributed by atoms with Crippen LogP contribution in [0.5, 0.6) is 17.5 Å². The molecule has 2 aromatic rings. The number of rotatable bonds is 5. The van der Waals surface area contributed by atoms with Crippen molar-refractivity contribution in [2.75, 3.05) is 14.2 Å². The third-order valence-electron chi connectivity index (χ3n) is 2.89. The van der Waals surface area contributed by atoms with E-state index in [4.69, 9.17) is 9.47 Å². The Bertz CT molecular complexity index is 553. The molecule has 102 valence electrons. The molecule has 0 fully saturated rings. The van der Waals surface area contributed by atoms with Crippen molar-refractivity contribution < 1.29 is 9.47 Å². The Kier molecular flexibility index (Phi) is 4.01. The van der Waals surface area contributed by atoms with E-state index in [0.717, 1.165) is 11.3 Å². The summed E-state index contributed by atoms with van der Waals surface area (Å²) in [6.07, 6.45) is 1.59. The Labute approximate surface area is 112 Å². The summed E-state index contributed by atoms with van der Waals surface area (Å²) in [5.41, 5.74) is 0.944. The van der Waals surface area contributed by atoms with Crippen LogP contribution in [-0.4, -0.2) is 28.9 Å². The molecule has 1 unspecified atom stereocenters. The van der Waals surface area contributed by atoms with Gasteiger partial charge in [0.2, 0.25) is 0 Å². The standard InChI is InChI=1S/C13H18N4O2/c1-9(14-2)12-10(18-4)6-5-7-11(12)19-13-15-8-17(3)16-13/h5-9,14H,1-4H3. The summed E-state index contributed by atoms with van der Waals surface area (Å²) in [5, 5.41) is 7.29. The van der Waals surface area contributed by atoms with E-state index < -0.39 is 0 Å². The SMILES string of the molecule is CNC(C)c1c(OC)cccc1Oc1ncn(C)n1. The van der Waals surface area contributed by atoms with Crippen LogP contribution in [0.2, 0.25) is 0 Å². The van der Waals surface area contributed by atoms with Crippen LogP contribution in [0.15, 0.2) is 24.5 Å². The summed E-state index contributed by atoms with van der Waals surface area (Å²) in [5.74, 6) is 1.46. The van der Waals surface area contributed by atoms with Crippen molar-refractivity contribution in [2.24, 2.45) is 7.05 Å². The fourth-order valence-corrected chi connectivity index (χ4v) is 1.83. The Balaban J connectivity index is 2.38. The molecule has 1 aromatic carbocycles. The first-order valence-corrected chi connectivity index (χ1v) is 6.03. The molecule has 0 radical (unpaired) electrons. The molecule has 6 heteroatoms.